The Hall–Kier alpha value is -0.0800. The quantitative estimate of drug-likeness (QED) is 0.682. The maximum absolute atomic E-state index is 3.61. The van der Waals surface area contributed by atoms with Gasteiger partial charge in [-0.25, -0.2) is 0 Å². The molecule has 0 bridgehead atoms. The van der Waals surface area contributed by atoms with Gasteiger partial charge in [0.2, 0.25) is 0 Å². The summed E-state index contributed by atoms with van der Waals surface area (Å²) in [5, 5.41) is 6.83. The molecule has 1 aliphatic rings. The summed E-state index contributed by atoms with van der Waals surface area (Å²) in [4.78, 5) is 0. The van der Waals surface area contributed by atoms with Crippen molar-refractivity contribution in [2.45, 2.75) is 39.5 Å². The van der Waals surface area contributed by atoms with Crippen LogP contribution in [0.5, 0.6) is 0 Å². The van der Waals surface area contributed by atoms with Gasteiger partial charge >= 0.3 is 0 Å². The number of rotatable bonds is 6. The van der Waals surface area contributed by atoms with Crippen LogP contribution in [-0.4, -0.2) is 26.7 Å². The van der Waals surface area contributed by atoms with Crippen LogP contribution >= 0.6 is 0 Å². The third-order valence-electron chi connectivity index (χ3n) is 3.41. The Morgan fingerprint density at radius 2 is 1.86 bits per heavy atom. The van der Waals surface area contributed by atoms with Crippen molar-refractivity contribution in [1.82, 2.24) is 10.6 Å². The lowest BCUT2D eigenvalue weighted by Crippen LogP contribution is -2.34. The Labute approximate surface area is 88.8 Å². The van der Waals surface area contributed by atoms with E-state index in [0.29, 0.717) is 5.41 Å². The van der Waals surface area contributed by atoms with Gasteiger partial charge in [0.25, 0.3) is 0 Å². The molecular formula is C12H26N2. The molecule has 2 nitrogen and oxygen atoms in total. The lowest BCUT2D eigenvalue weighted by molar-refractivity contribution is 0.306. The minimum Gasteiger partial charge on any atom is -0.319 e. The van der Waals surface area contributed by atoms with Crippen LogP contribution < -0.4 is 10.6 Å². The first-order chi connectivity index (χ1) is 6.66. The van der Waals surface area contributed by atoms with Gasteiger partial charge in [0.15, 0.2) is 0 Å². The van der Waals surface area contributed by atoms with E-state index in [4.69, 9.17) is 0 Å². The smallest absolute Gasteiger partial charge is 0.000528 e. The van der Waals surface area contributed by atoms with Crippen molar-refractivity contribution in [1.29, 1.82) is 0 Å². The third kappa shape index (κ3) is 3.97. The van der Waals surface area contributed by atoms with E-state index < -0.39 is 0 Å². The lowest BCUT2D eigenvalue weighted by atomic mass is 9.89. The average Bonchev–Trinajstić information content (AvgIpc) is 2.53. The Morgan fingerprint density at radius 1 is 1.21 bits per heavy atom. The van der Waals surface area contributed by atoms with Crippen LogP contribution in [-0.2, 0) is 0 Å². The van der Waals surface area contributed by atoms with Crippen molar-refractivity contribution < 1.29 is 0 Å². The molecule has 0 heterocycles. The molecule has 0 spiro atoms. The van der Waals surface area contributed by atoms with Crippen LogP contribution in [0.4, 0.5) is 0 Å². The summed E-state index contributed by atoms with van der Waals surface area (Å²) in [7, 11) is 2.02. The second-order valence-corrected chi connectivity index (χ2v) is 5.31. The SMILES string of the molecule is CNCC(C)CNCC1(C)CCCC1. The van der Waals surface area contributed by atoms with Crippen molar-refractivity contribution in [3.63, 3.8) is 0 Å². The van der Waals surface area contributed by atoms with Crippen LogP contribution in [0.15, 0.2) is 0 Å². The van der Waals surface area contributed by atoms with E-state index >= 15 is 0 Å². The summed E-state index contributed by atoms with van der Waals surface area (Å²) >= 11 is 0. The Balaban J connectivity index is 2.08. The van der Waals surface area contributed by atoms with Gasteiger partial charge in [-0.15, -0.1) is 0 Å². The maximum Gasteiger partial charge on any atom is 0.000528 e. The Morgan fingerprint density at radius 3 is 2.43 bits per heavy atom. The molecular weight excluding hydrogens is 172 g/mol. The summed E-state index contributed by atoms with van der Waals surface area (Å²) in [5.74, 6) is 0.741. The van der Waals surface area contributed by atoms with Crippen molar-refractivity contribution in [3.05, 3.63) is 0 Å². The molecule has 0 aliphatic heterocycles. The van der Waals surface area contributed by atoms with Crippen LogP contribution in [0.2, 0.25) is 0 Å². The minimum absolute atomic E-state index is 0.597. The fourth-order valence-corrected chi connectivity index (χ4v) is 2.45. The molecule has 1 saturated carbocycles. The molecule has 1 fully saturated rings. The monoisotopic (exact) mass is 198 g/mol. The Kier molecular flexibility index (Phi) is 4.90. The number of hydrogen-bond donors (Lipinski definition) is 2. The van der Waals surface area contributed by atoms with Gasteiger partial charge < -0.3 is 10.6 Å². The number of nitrogens with one attached hydrogen (secondary N) is 2. The predicted octanol–water partition coefficient (Wildman–Crippen LogP) is 2.01. The van der Waals surface area contributed by atoms with Crippen LogP contribution in [0.3, 0.4) is 0 Å². The molecule has 14 heavy (non-hydrogen) atoms. The molecule has 84 valence electrons. The highest BCUT2D eigenvalue weighted by Crippen LogP contribution is 2.36. The second-order valence-electron chi connectivity index (χ2n) is 5.31. The molecule has 1 rings (SSSR count). The van der Waals surface area contributed by atoms with Crippen LogP contribution in [0, 0.1) is 11.3 Å². The average molecular weight is 198 g/mol. The summed E-state index contributed by atoms with van der Waals surface area (Å²) in [6.45, 7) is 8.19. The topological polar surface area (TPSA) is 24.1 Å². The Bertz CT molecular complexity index is 150. The first-order valence-electron chi connectivity index (χ1n) is 6.02. The van der Waals surface area contributed by atoms with E-state index in [1.54, 1.807) is 0 Å². The molecule has 0 aromatic carbocycles. The first kappa shape index (κ1) is 12.0. The normalized spacial score (nSPS) is 22.5. The van der Waals surface area contributed by atoms with Gasteiger partial charge in [0.05, 0.1) is 0 Å². The highest BCUT2D eigenvalue weighted by atomic mass is 14.9. The molecule has 1 unspecified atom stereocenters. The standard InChI is InChI=1S/C12H26N2/c1-11(8-13-3)9-14-10-12(2)6-4-5-7-12/h11,13-14H,4-10H2,1-3H3. The van der Waals surface area contributed by atoms with E-state index in [2.05, 4.69) is 24.5 Å². The molecule has 1 atom stereocenters. The van der Waals surface area contributed by atoms with Gasteiger partial charge in [-0.3, -0.25) is 0 Å². The second kappa shape index (κ2) is 5.72. The largest absolute Gasteiger partial charge is 0.319 e. The van der Waals surface area contributed by atoms with Crippen molar-refractivity contribution in [2.75, 3.05) is 26.7 Å². The summed E-state index contributed by atoms with van der Waals surface area (Å²) in [6, 6.07) is 0. The van der Waals surface area contributed by atoms with Crippen molar-refractivity contribution >= 4 is 0 Å². The van der Waals surface area contributed by atoms with E-state index in [1.807, 2.05) is 7.05 Å². The zero-order chi connectivity index (χ0) is 10.4. The lowest BCUT2D eigenvalue weighted by Gasteiger charge is -2.24. The van der Waals surface area contributed by atoms with E-state index in [9.17, 15) is 0 Å². The molecule has 1 aliphatic carbocycles. The van der Waals surface area contributed by atoms with Crippen LogP contribution in [0.1, 0.15) is 39.5 Å². The van der Waals surface area contributed by atoms with E-state index in [-0.39, 0.29) is 0 Å². The van der Waals surface area contributed by atoms with E-state index in [0.717, 1.165) is 19.0 Å². The van der Waals surface area contributed by atoms with Crippen molar-refractivity contribution in [3.8, 4) is 0 Å². The molecule has 2 N–H and O–H groups in total. The first-order valence-corrected chi connectivity index (χ1v) is 6.02. The fourth-order valence-electron chi connectivity index (χ4n) is 2.45. The van der Waals surface area contributed by atoms with Gasteiger partial charge in [-0.2, -0.15) is 0 Å². The van der Waals surface area contributed by atoms with Crippen LogP contribution in [0.25, 0.3) is 0 Å². The van der Waals surface area contributed by atoms with Gasteiger partial charge in [0.1, 0.15) is 0 Å². The molecule has 2 heteroatoms. The third-order valence-corrected chi connectivity index (χ3v) is 3.41. The summed E-state index contributed by atoms with van der Waals surface area (Å²) in [5.41, 5.74) is 0.597. The maximum atomic E-state index is 3.61. The fraction of sp³-hybridized carbons (Fsp3) is 1.00. The van der Waals surface area contributed by atoms with Gasteiger partial charge in [-0.05, 0) is 44.3 Å². The molecule has 0 saturated heterocycles. The number of hydrogen-bond acceptors (Lipinski definition) is 2. The highest BCUT2D eigenvalue weighted by molar-refractivity contribution is 4.82. The summed E-state index contributed by atoms with van der Waals surface area (Å²) in [6.07, 6.45) is 5.70. The highest BCUT2D eigenvalue weighted by Gasteiger charge is 2.27. The molecule has 0 aromatic heterocycles. The van der Waals surface area contributed by atoms with Gasteiger partial charge in [0, 0.05) is 6.54 Å². The predicted molar refractivity (Wildman–Crippen MR) is 62.5 cm³/mol. The zero-order valence-electron chi connectivity index (χ0n) is 10.0. The zero-order valence-corrected chi connectivity index (χ0v) is 10.0. The molecule has 0 radical (unpaired) electrons. The minimum atomic E-state index is 0.597. The van der Waals surface area contributed by atoms with Crippen molar-refractivity contribution in [2.24, 2.45) is 11.3 Å². The van der Waals surface area contributed by atoms with Gasteiger partial charge in [-0.1, -0.05) is 26.7 Å². The summed E-state index contributed by atoms with van der Waals surface area (Å²) < 4.78 is 0. The molecule has 0 amide bonds. The van der Waals surface area contributed by atoms with E-state index in [1.165, 1.54) is 32.2 Å². The molecule has 0 aromatic rings.